The van der Waals surface area contributed by atoms with Gasteiger partial charge in [-0.2, -0.15) is 0 Å². The molecule has 1 amide bonds. The van der Waals surface area contributed by atoms with Gasteiger partial charge in [-0.1, -0.05) is 13.0 Å². The number of hydrogen-bond acceptors (Lipinski definition) is 6. The first-order valence-electron chi connectivity index (χ1n) is 9.17. The van der Waals surface area contributed by atoms with Crippen LogP contribution in [0.25, 0.3) is 0 Å². The smallest absolute Gasteiger partial charge is 0.224 e. The van der Waals surface area contributed by atoms with Crippen molar-refractivity contribution in [2.24, 2.45) is 5.41 Å². The molecule has 1 aromatic rings. The van der Waals surface area contributed by atoms with Crippen LogP contribution in [0.5, 0.6) is 11.5 Å². The van der Waals surface area contributed by atoms with Crippen LogP contribution < -0.4 is 4.74 Å². The quantitative estimate of drug-likeness (QED) is 0.624. The van der Waals surface area contributed by atoms with Crippen LogP contribution in [0.2, 0.25) is 0 Å². The van der Waals surface area contributed by atoms with Crippen molar-refractivity contribution in [3.63, 3.8) is 0 Å². The van der Waals surface area contributed by atoms with Crippen molar-refractivity contribution < 1.29 is 29.6 Å². The van der Waals surface area contributed by atoms with Crippen LogP contribution in [0.1, 0.15) is 45.6 Å². The maximum atomic E-state index is 12.6. The van der Waals surface area contributed by atoms with Gasteiger partial charge in [0.25, 0.3) is 0 Å². The zero-order valence-corrected chi connectivity index (χ0v) is 16.7. The highest BCUT2D eigenvalue weighted by atomic mass is 16.6. The predicted molar refractivity (Wildman–Crippen MR) is 101 cm³/mol. The Hall–Kier alpha value is -1.83. The number of rotatable bonds is 7. The number of likely N-dealkylation sites (tertiary alicyclic amines) is 1. The lowest BCUT2D eigenvalue weighted by molar-refractivity contribution is -0.178. The molecular weight excluding hydrogens is 350 g/mol. The molecule has 1 aliphatic rings. The summed E-state index contributed by atoms with van der Waals surface area (Å²) < 4.78 is 10.3. The SMILES string of the molecule is COc1ccc([C@@H]2CN(C(=O)CCOC(C)(C)O)C[C@@]2(C)[C@@H](C)O)cc1O. The van der Waals surface area contributed by atoms with Crippen LogP contribution in [0, 0.1) is 5.41 Å². The summed E-state index contributed by atoms with van der Waals surface area (Å²) in [6, 6.07) is 5.18. The van der Waals surface area contributed by atoms with Crippen molar-refractivity contribution in [3.05, 3.63) is 23.8 Å². The number of nitrogens with zero attached hydrogens (tertiary/aromatic N) is 1. The van der Waals surface area contributed by atoms with Gasteiger partial charge in [-0.3, -0.25) is 4.79 Å². The van der Waals surface area contributed by atoms with Crippen LogP contribution in [0.3, 0.4) is 0 Å². The number of ether oxygens (including phenoxy) is 2. The molecule has 0 bridgehead atoms. The van der Waals surface area contributed by atoms with Crippen LogP contribution in [-0.4, -0.2) is 64.8 Å². The topological polar surface area (TPSA) is 99.5 Å². The summed E-state index contributed by atoms with van der Waals surface area (Å²) in [5, 5.41) is 30.1. The van der Waals surface area contributed by atoms with E-state index in [9.17, 15) is 20.1 Å². The molecule has 3 atom stereocenters. The molecule has 0 aliphatic carbocycles. The molecule has 0 unspecified atom stereocenters. The molecule has 27 heavy (non-hydrogen) atoms. The maximum absolute atomic E-state index is 12.6. The monoisotopic (exact) mass is 381 g/mol. The Bertz CT molecular complexity index is 669. The van der Waals surface area contributed by atoms with Crippen LogP contribution in [-0.2, 0) is 9.53 Å². The van der Waals surface area contributed by atoms with Gasteiger partial charge in [0.2, 0.25) is 5.91 Å². The van der Waals surface area contributed by atoms with Gasteiger partial charge in [0.1, 0.15) is 0 Å². The lowest BCUT2D eigenvalue weighted by atomic mass is 9.72. The molecule has 7 nitrogen and oxygen atoms in total. The standard InChI is InChI=1S/C20H31NO6/c1-13(22)20(4)12-21(18(24)8-9-27-19(2,3)25)11-15(20)14-6-7-17(26-5)16(23)10-14/h6-7,10,13,15,22-23,25H,8-9,11-12H2,1-5H3/t13-,15+,20+/m1/s1. The van der Waals surface area contributed by atoms with Crippen LogP contribution in [0.4, 0.5) is 0 Å². The molecule has 0 radical (unpaired) electrons. The third-order valence-corrected chi connectivity index (χ3v) is 5.41. The van der Waals surface area contributed by atoms with Crippen molar-refractivity contribution >= 4 is 5.91 Å². The molecule has 1 aliphatic heterocycles. The van der Waals surface area contributed by atoms with Crippen LogP contribution in [0.15, 0.2) is 18.2 Å². The van der Waals surface area contributed by atoms with Crippen molar-refractivity contribution in [3.8, 4) is 11.5 Å². The third-order valence-electron chi connectivity index (χ3n) is 5.41. The van der Waals surface area contributed by atoms with Gasteiger partial charge < -0.3 is 29.7 Å². The second-order valence-corrected chi connectivity index (χ2v) is 7.99. The van der Waals surface area contributed by atoms with E-state index in [0.717, 1.165) is 5.56 Å². The number of aliphatic hydroxyl groups excluding tert-OH is 1. The second kappa shape index (κ2) is 8.04. The van der Waals surface area contributed by atoms with E-state index in [4.69, 9.17) is 9.47 Å². The van der Waals surface area contributed by atoms with Crippen molar-refractivity contribution in [2.75, 3.05) is 26.8 Å². The van der Waals surface area contributed by atoms with E-state index in [0.29, 0.717) is 18.8 Å². The molecule has 2 rings (SSSR count). The minimum absolute atomic E-state index is 0.0336. The molecule has 0 saturated carbocycles. The summed E-state index contributed by atoms with van der Waals surface area (Å²) in [4.78, 5) is 14.3. The summed E-state index contributed by atoms with van der Waals surface area (Å²) in [6.07, 6.45) is -0.488. The number of phenols is 1. The minimum atomic E-state index is -1.28. The highest BCUT2D eigenvalue weighted by Crippen LogP contribution is 2.46. The normalized spacial score (nSPS) is 24.1. The molecule has 1 fully saturated rings. The summed E-state index contributed by atoms with van der Waals surface area (Å²) in [5.74, 6) is -1.08. The van der Waals surface area contributed by atoms with Gasteiger partial charge in [0.15, 0.2) is 17.3 Å². The first-order valence-corrected chi connectivity index (χ1v) is 9.17. The number of hydrogen-bond donors (Lipinski definition) is 3. The Morgan fingerprint density at radius 3 is 2.63 bits per heavy atom. The molecule has 1 heterocycles. The fraction of sp³-hybridized carbons (Fsp3) is 0.650. The van der Waals surface area contributed by atoms with Gasteiger partial charge in [0, 0.05) is 24.4 Å². The average molecular weight is 381 g/mol. The van der Waals surface area contributed by atoms with Gasteiger partial charge in [-0.15, -0.1) is 0 Å². The molecule has 1 saturated heterocycles. The number of methoxy groups -OCH3 is 1. The van der Waals surface area contributed by atoms with E-state index < -0.39 is 17.3 Å². The molecule has 1 aromatic carbocycles. The lowest BCUT2D eigenvalue weighted by Gasteiger charge is -2.33. The first-order chi connectivity index (χ1) is 12.5. The summed E-state index contributed by atoms with van der Waals surface area (Å²) in [5.41, 5.74) is 0.299. The van der Waals surface area contributed by atoms with E-state index in [-0.39, 0.29) is 30.6 Å². The highest BCUT2D eigenvalue weighted by molar-refractivity contribution is 5.77. The van der Waals surface area contributed by atoms with Crippen molar-refractivity contribution in [1.29, 1.82) is 0 Å². The summed E-state index contributed by atoms with van der Waals surface area (Å²) in [7, 11) is 1.49. The molecule has 7 heteroatoms. The van der Waals surface area contributed by atoms with Gasteiger partial charge in [-0.05, 0) is 38.5 Å². The molecule has 0 spiro atoms. The lowest BCUT2D eigenvalue weighted by Crippen LogP contribution is -2.38. The number of aromatic hydroxyl groups is 1. The van der Waals surface area contributed by atoms with Gasteiger partial charge in [-0.25, -0.2) is 0 Å². The van der Waals surface area contributed by atoms with Crippen LogP contribution >= 0.6 is 0 Å². The number of amides is 1. The Kier molecular flexibility index (Phi) is 6.39. The van der Waals surface area contributed by atoms with E-state index >= 15 is 0 Å². The Labute approximate surface area is 160 Å². The molecular formula is C20H31NO6. The number of carbonyl (C=O) groups excluding carboxylic acids is 1. The Balaban J connectivity index is 2.17. The third kappa shape index (κ3) is 4.91. The fourth-order valence-corrected chi connectivity index (χ4v) is 3.58. The largest absolute Gasteiger partial charge is 0.504 e. The number of carbonyl (C=O) groups is 1. The van der Waals surface area contributed by atoms with E-state index in [1.165, 1.54) is 21.0 Å². The summed E-state index contributed by atoms with van der Waals surface area (Å²) in [6.45, 7) is 7.68. The molecule has 152 valence electrons. The van der Waals surface area contributed by atoms with Gasteiger partial charge in [0.05, 0.1) is 26.2 Å². The molecule has 0 aromatic heterocycles. The second-order valence-electron chi connectivity index (χ2n) is 7.99. The zero-order chi connectivity index (χ0) is 20.4. The Morgan fingerprint density at radius 1 is 1.44 bits per heavy atom. The Morgan fingerprint density at radius 2 is 2.11 bits per heavy atom. The first kappa shape index (κ1) is 21.5. The van der Waals surface area contributed by atoms with Crippen molar-refractivity contribution in [1.82, 2.24) is 4.90 Å². The number of aliphatic hydroxyl groups is 2. The van der Waals surface area contributed by atoms with E-state index in [1.54, 1.807) is 24.0 Å². The highest BCUT2D eigenvalue weighted by Gasteiger charge is 2.48. The number of benzene rings is 1. The predicted octanol–water partition coefficient (Wildman–Crippen LogP) is 1.85. The maximum Gasteiger partial charge on any atom is 0.224 e. The fourth-order valence-electron chi connectivity index (χ4n) is 3.58. The average Bonchev–Trinajstić information content (AvgIpc) is 2.93. The van der Waals surface area contributed by atoms with Crippen molar-refractivity contribution in [2.45, 2.75) is 51.9 Å². The van der Waals surface area contributed by atoms with E-state index in [1.807, 2.05) is 13.0 Å². The van der Waals surface area contributed by atoms with E-state index in [2.05, 4.69) is 0 Å². The minimum Gasteiger partial charge on any atom is -0.504 e. The summed E-state index contributed by atoms with van der Waals surface area (Å²) >= 11 is 0. The van der Waals surface area contributed by atoms with Gasteiger partial charge >= 0.3 is 0 Å². The molecule has 3 N–H and O–H groups in total. The zero-order valence-electron chi connectivity index (χ0n) is 16.7. The number of phenolic OH excluding ortho intramolecular Hbond substituents is 1.